The minimum Gasteiger partial charge on any atom is -0.497 e. The zero-order chi connectivity index (χ0) is 27.7. The summed E-state index contributed by atoms with van der Waals surface area (Å²) in [6.07, 6.45) is 0. The monoisotopic (exact) mass is 560 g/mol. The van der Waals surface area contributed by atoms with Crippen molar-refractivity contribution in [3.05, 3.63) is 108 Å². The molecule has 196 valence electrons. The first kappa shape index (κ1) is 26.1. The van der Waals surface area contributed by atoms with E-state index in [1.165, 1.54) is 23.8 Å². The predicted molar refractivity (Wildman–Crippen MR) is 149 cm³/mol. The molecule has 0 unspecified atom stereocenters. The SMILES string of the molecule is CCOC(=O)C(C(=O)c1ccc(OC)cc1)=c1sc(=C2C(=O)Nc3ccc(Cl)cc32)c(=O)n1-c1ccccc1. The molecule has 0 saturated heterocycles. The summed E-state index contributed by atoms with van der Waals surface area (Å²) in [5.41, 5.74) is 0.784. The molecular formula is C29H21ClN2O6S. The summed E-state index contributed by atoms with van der Waals surface area (Å²) >= 11 is 7.07. The summed E-state index contributed by atoms with van der Waals surface area (Å²) in [7, 11) is 1.50. The van der Waals surface area contributed by atoms with E-state index in [1.54, 1.807) is 67.6 Å². The molecule has 0 fully saturated rings. The molecule has 1 aliphatic heterocycles. The van der Waals surface area contributed by atoms with Crippen LogP contribution in [0.25, 0.3) is 16.8 Å². The third-order valence-electron chi connectivity index (χ3n) is 6.04. The van der Waals surface area contributed by atoms with E-state index in [4.69, 9.17) is 21.1 Å². The number of hydrogen-bond acceptors (Lipinski definition) is 7. The maximum absolute atomic E-state index is 14.0. The number of nitrogens with one attached hydrogen (secondary N) is 1. The Morgan fingerprint density at radius 2 is 1.72 bits per heavy atom. The second-order valence-corrected chi connectivity index (χ2v) is 9.82. The van der Waals surface area contributed by atoms with Crippen LogP contribution in [0.1, 0.15) is 22.8 Å². The van der Waals surface area contributed by atoms with Gasteiger partial charge in [-0.2, -0.15) is 0 Å². The molecule has 1 amide bonds. The number of carbonyl (C=O) groups excluding carboxylic acids is 3. The second-order valence-electron chi connectivity index (χ2n) is 8.38. The highest BCUT2D eigenvalue weighted by Crippen LogP contribution is 2.32. The van der Waals surface area contributed by atoms with E-state index in [0.717, 1.165) is 11.3 Å². The van der Waals surface area contributed by atoms with Gasteiger partial charge in [-0.25, -0.2) is 4.79 Å². The lowest BCUT2D eigenvalue weighted by Crippen LogP contribution is -2.34. The summed E-state index contributed by atoms with van der Waals surface area (Å²) < 4.78 is 11.8. The van der Waals surface area contributed by atoms with Gasteiger partial charge in [0.1, 0.15) is 20.5 Å². The van der Waals surface area contributed by atoms with Crippen molar-refractivity contribution in [2.45, 2.75) is 6.92 Å². The molecule has 1 N–H and O–H groups in total. The van der Waals surface area contributed by atoms with E-state index in [9.17, 15) is 19.2 Å². The van der Waals surface area contributed by atoms with Gasteiger partial charge in [-0.1, -0.05) is 29.8 Å². The number of Topliss-reactive ketones (excluding diaryl/α,β-unsaturated/α-hetero) is 1. The van der Waals surface area contributed by atoms with E-state index >= 15 is 0 Å². The third kappa shape index (κ3) is 4.78. The van der Waals surface area contributed by atoms with E-state index in [2.05, 4.69) is 5.32 Å². The first-order valence-corrected chi connectivity index (χ1v) is 13.1. The topological polar surface area (TPSA) is 104 Å². The lowest BCUT2D eigenvalue weighted by atomic mass is 10.0. The van der Waals surface area contributed by atoms with Crippen LogP contribution in [0.4, 0.5) is 5.69 Å². The van der Waals surface area contributed by atoms with Gasteiger partial charge in [0.2, 0.25) is 5.78 Å². The number of nitrogens with zero attached hydrogens (tertiary/aromatic N) is 1. The van der Waals surface area contributed by atoms with Crippen LogP contribution in [0.2, 0.25) is 5.02 Å². The van der Waals surface area contributed by atoms with E-state index in [0.29, 0.717) is 27.7 Å². The van der Waals surface area contributed by atoms with Crippen LogP contribution in [0, 0.1) is 0 Å². The number of ether oxygens (including phenoxy) is 2. The summed E-state index contributed by atoms with van der Waals surface area (Å²) in [4.78, 5) is 54.2. The molecule has 0 atom stereocenters. The minimum atomic E-state index is -0.889. The fourth-order valence-electron chi connectivity index (χ4n) is 4.24. The summed E-state index contributed by atoms with van der Waals surface area (Å²) in [6.45, 7) is 1.63. The molecule has 0 radical (unpaired) electrons. The number of anilines is 1. The molecule has 2 heterocycles. The highest BCUT2D eigenvalue weighted by atomic mass is 35.5. The number of aromatic nitrogens is 1. The molecule has 1 aromatic heterocycles. The molecular weight excluding hydrogens is 540 g/mol. The number of amides is 1. The summed E-state index contributed by atoms with van der Waals surface area (Å²) in [5.74, 6) is -1.49. The Hall–Kier alpha value is -4.47. The Kier molecular flexibility index (Phi) is 7.19. The zero-order valence-corrected chi connectivity index (χ0v) is 22.4. The van der Waals surface area contributed by atoms with Gasteiger partial charge in [0.25, 0.3) is 11.5 Å². The molecule has 1 aliphatic rings. The van der Waals surface area contributed by atoms with Gasteiger partial charge in [-0.05, 0) is 61.5 Å². The van der Waals surface area contributed by atoms with Crippen molar-refractivity contribution in [3.63, 3.8) is 0 Å². The van der Waals surface area contributed by atoms with Crippen LogP contribution in [0.5, 0.6) is 5.75 Å². The number of halogens is 1. The van der Waals surface area contributed by atoms with Crippen LogP contribution in [-0.2, 0) is 14.3 Å². The zero-order valence-electron chi connectivity index (χ0n) is 20.8. The molecule has 0 aliphatic carbocycles. The van der Waals surface area contributed by atoms with Crippen LogP contribution in [-0.4, -0.2) is 35.9 Å². The number of fused-ring (bicyclic) bond motifs is 1. The highest BCUT2D eigenvalue weighted by molar-refractivity contribution is 7.08. The van der Waals surface area contributed by atoms with Crippen molar-refractivity contribution in [1.82, 2.24) is 4.57 Å². The van der Waals surface area contributed by atoms with Gasteiger partial charge in [0, 0.05) is 21.8 Å². The van der Waals surface area contributed by atoms with Crippen molar-refractivity contribution in [1.29, 1.82) is 0 Å². The number of benzene rings is 3. The number of rotatable bonds is 6. The van der Waals surface area contributed by atoms with Crippen molar-refractivity contribution in [3.8, 4) is 11.4 Å². The molecule has 10 heteroatoms. The number of hydrogen-bond donors (Lipinski definition) is 1. The summed E-state index contributed by atoms with van der Waals surface area (Å²) in [5, 5.41) is 3.13. The molecule has 0 saturated carbocycles. The normalized spacial score (nSPS) is 14.4. The lowest BCUT2D eigenvalue weighted by molar-refractivity contribution is -0.136. The Morgan fingerprint density at radius 1 is 1.00 bits per heavy atom. The van der Waals surface area contributed by atoms with Crippen LogP contribution >= 0.6 is 22.9 Å². The van der Waals surface area contributed by atoms with Crippen molar-refractivity contribution >= 4 is 57.4 Å². The average molecular weight is 561 g/mol. The van der Waals surface area contributed by atoms with Crippen molar-refractivity contribution in [2.24, 2.45) is 0 Å². The highest BCUT2D eigenvalue weighted by Gasteiger charge is 2.30. The third-order valence-corrected chi connectivity index (χ3v) is 7.44. The smallest absolute Gasteiger partial charge is 0.345 e. The minimum absolute atomic E-state index is 0.0116. The van der Waals surface area contributed by atoms with Crippen LogP contribution in [0.15, 0.2) is 77.6 Å². The number of carbonyl (C=O) groups is 3. The fraction of sp³-hybridized carbons (Fsp3) is 0.103. The number of methoxy groups -OCH3 is 1. The van der Waals surface area contributed by atoms with Gasteiger partial charge in [-0.15, -0.1) is 11.3 Å². The first-order valence-electron chi connectivity index (χ1n) is 11.9. The van der Waals surface area contributed by atoms with E-state index < -0.39 is 23.2 Å². The second kappa shape index (κ2) is 10.7. The lowest BCUT2D eigenvalue weighted by Gasteiger charge is -2.09. The predicted octanol–water partition coefficient (Wildman–Crippen LogP) is 3.31. The van der Waals surface area contributed by atoms with Gasteiger partial charge in [0.05, 0.1) is 25.0 Å². The molecule has 5 rings (SSSR count). The molecule has 0 spiro atoms. The molecule has 4 aromatic rings. The average Bonchev–Trinajstić information content (AvgIpc) is 3.44. The number of esters is 1. The molecule has 8 nitrogen and oxygen atoms in total. The number of ketones is 1. The Morgan fingerprint density at radius 3 is 2.38 bits per heavy atom. The molecule has 39 heavy (non-hydrogen) atoms. The first-order chi connectivity index (χ1) is 18.8. The van der Waals surface area contributed by atoms with E-state index in [-0.39, 0.29) is 32.5 Å². The Labute approximate surface area is 231 Å². The quantitative estimate of drug-likeness (QED) is 0.220. The van der Waals surface area contributed by atoms with Gasteiger partial charge in [0.15, 0.2) is 0 Å². The van der Waals surface area contributed by atoms with Crippen molar-refractivity contribution < 1.29 is 23.9 Å². The Bertz CT molecular complexity index is 1810. The van der Waals surface area contributed by atoms with Gasteiger partial charge in [-0.3, -0.25) is 19.0 Å². The number of thiazole rings is 1. The van der Waals surface area contributed by atoms with Crippen molar-refractivity contribution in [2.75, 3.05) is 19.0 Å². The van der Waals surface area contributed by atoms with Crippen LogP contribution in [0.3, 0.4) is 0 Å². The molecule has 0 bridgehead atoms. The summed E-state index contributed by atoms with van der Waals surface area (Å²) in [6, 6.07) is 19.7. The standard InChI is InChI=1S/C29H21ClN2O6S/c1-3-38-29(36)23(24(33)16-9-12-19(37-2)13-10-16)28-32(18-7-5-4-6-8-18)27(35)25(39-28)22-20-15-17(30)11-14-21(20)31-26(22)34/h4-15H,3H2,1-2H3,(H,31,34). The van der Waals surface area contributed by atoms with Gasteiger partial charge >= 0.3 is 5.97 Å². The largest absolute Gasteiger partial charge is 0.497 e. The van der Waals surface area contributed by atoms with Gasteiger partial charge < -0.3 is 14.8 Å². The van der Waals surface area contributed by atoms with E-state index in [1.807, 2.05) is 0 Å². The number of para-hydroxylation sites is 1. The Balaban J connectivity index is 1.92. The maximum atomic E-state index is 14.0. The molecule has 3 aromatic carbocycles. The maximum Gasteiger partial charge on any atom is 0.345 e. The van der Waals surface area contributed by atoms with Crippen LogP contribution < -0.4 is 24.8 Å². The fourth-order valence-corrected chi connectivity index (χ4v) is 5.65.